The molecule has 1 unspecified atom stereocenters. The fourth-order valence-corrected chi connectivity index (χ4v) is 2.97. The van der Waals surface area contributed by atoms with Crippen LogP contribution in [0.2, 0.25) is 0 Å². The molecule has 1 saturated carbocycles. The number of ether oxygens (including phenoxy) is 1. The number of carbonyl (C=O) groups excluding carboxylic acids is 1. The summed E-state index contributed by atoms with van der Waals surface area (Å²) in [6.45, 7) is 3.05. The van der Waals surface area contributed by atoms with Crippen molar-refractivity contribution >= 4 is 6.29 Å². The highest BCUT2D eigenvalue weighted by Gasteiger charge is 2.37. The van der Waals surface area contributed by atoms with E-state index in [0.717, 1.165) is 38.9 Å². The number of hydrogen-bond acceptors (Lipinski definition) is 3. The highest BCUT2D eigenvalue weighted by molar-refractivity contribution is 5.60. The minimum absolute atomic E-state index is 0.0252. The van der Waals surface area contributed by atoms with Gasteiger partial charge in [0.15, 0.2) is 0 Å². The maximum atomic E-state index is 11.2. The summed E-state index contributed by atoms with van der Waals surface area (Å²) in [7, 11) is 1.78. The zero-order chi connectivity index (χ0) is 10.7. The summed E-state index contributed by atoms with van der Waals surface area (Å²) < 4.78 is 5.34. The normalized spacial score (nSPS) is 30.9. The minimum Gasteiger partial charge on any atom is -0.380 e. The molecule has 15 heavy (non-hydrogen) atoms. The summed E-state index contributed by atoms with van der Waals surface area (Å²) in [5.74, 6) is 0. The summed E-state index contributed by atoms with van der Waals surface area (Å²) in [4.78, 5) is 13.6. The summed E-state index contributed by atoms with van der Waals surface area (Å²) >= 11 is 0. The van der Waals surface area contributed by atoms with Gasteiger partial charge in [-0.2, -0.15) is 0 Å². The van der Waals surface area contributed by atoms with Crippen LogP contribution in [0.25, 0.3) is 0 Å². The first kappa shape index (κ1) is 11.1. The van der Waals surface area contributed by atoms with Crippen molar-refractivity contribution in [2.75, 3.05) is 26.7 Å². The second-order valence-electron chi connectivity index (χ2n) is 5.07. The van der Waals surface area contributed by atoms with Crippen molar-refractivity contribution in [2.45, 2.75) is 38.2 Å². The Balaban J connectivity index is 1.88. The zero-order valence-electron chi connectivity index (χ0n) is 9.58. The molecule has 2 fully saturated rings. The predicted molar refractivity (Wildman–Crippen MR) is 58.8 cm³/mol. The van der Waals surface area contributed by atoms with Crippen molar-refractivity contribution < 1.29 is 9.53 Å². The molecule has 1 aliphatic carbocycles. The third kappa shape index (κ3) is 2.40. The Morgan fingerprint density at radius 3 is 2.73 bits per heavy atom. The van der Waals surface area contributed by atoms with Gasteiger partial charge in [0.25, 0.3) is 0 Å². The predicted octanol–water partition coefficient (Wildman–Crippen LogP) is 1.47. The number of carbonyl (C=O) groups is 1. The van der Waals surface area contributed by atoms with Crippen molar-refractivity contribution in [1.29, 1.82) is 0 Å². The Hall–Kier alpha value is -0.410. The molecule has 1 saturated heterocycles. The van der Waals surface area contributed by atoms with Crippen LogP contribution in [0.15, 0.2) is 0 Å². The minimum atomic E-state index is -0.0252. The van der Waals surface area contributed by atoms with Crippen molar-refractivity contribution in [3.8, 4) is 0 Å². The van der Waals surface area contributed by atoms with Gasteiger partial charge in [-0.25, -0.2) is 0 Å². The first-order valence-corrected chi connectivity index (χ1v) is 5.99. The Morgan fingerprint density at radius 1 is 1.47 bits per heavy atom. The lowest BCUT2D eigenvalue weighted by molar-refractivity contribution is -0.116. The lowest BCUT2D eigenvalue weighted by atomic mass is 9.87. The van der Waals surface area contributed by atoms with E-state index in [9.17, 15) is 4.79 Å². The number of nitrogens with zero attached hydrogens (tertiary/aromatic N) is 1. The molecule has 0 N–H and O–H groups in total. The standard InChI is InChI=1S/C12H21NO2/c1-15-11-4-7-13(8-11)9-12(10-14)5-2-3-6-12/h10-11H,2-9H2,1H3. The molecule has 2 rings (SSSR count). The van der Waals surface area contributed by atoms with Crippen molar-refractivity contribution in [2.24, 2.45) is 5.41 Å². The summed E-state index contributed by atoms with van der Waals surface area (Å²) in [6, 6.07) is 0. The molecular formula is C12H21NO2. The monoisotopic (exact) mass is 211 g/mol. The molecule has 2 aliphatic rings. The molecule has 86 valence electrons. The average molecular weight is 211 g/mol. The first-order chi connectivity index (χ1) is 7.28. The Bertz CT molecular complexity index is 224. The Labute approximate surface area is 91.8 Å². The van der Waals surface area contributed by atoms with Gasteiger partial charge in [-0.1, -0.05) is 12.8 Å². The van der Waals surface area contributed by atoms with Gasteiger partial charge in [-0.15, -0.1) is 0 Å². The molecule has 3 heteroatoms. The second-order valence-corrected chi connectivity index (χ2v) is 5.07. The SMILES string of the molecule is COC1CCN(CC2(C=O)CCCC2)C1. The molecule has 0 radical (unpaired) electrons. The lowest BCUT2D eigenvalue weighted by Gasteiger charge is -2.28. The Morgan fingerprint density at radius 2 is 2.20 bits per heavy atom. The van der Waals surface area contributed by atoms with Gasteiger partial charge in [0.1, 0.15) is 6.29 Å². The molecule has 0 aromatic heterocycles. The van der Waals surface area contributed by atoms with E-state index in [2.05, 4.69) is 4.90 Å². The van der Waals surface area contributed by atoms with E-state index in [1.807, 2.05) is 0 Å². The van der Waals surface area contributed by atoms with Crippen LogP contribution in [-0.4, -0.2) is 44.0 Å². The molecule has 1 heterocycles. The number of hydrogen-bond donors (Lipinski definition) is 0. The highest BCUT2D eigenvalue weighted by Crippen LogP contribution is 2.37. The highest BCUT2D eigenvalue weighted by atomic mass is 16.5. The van der Waals surface area contributed by atoms with Crippen LogP contribution in [0.5, 0.6) is 0 Å². The van der Waals surface area contributed by atoms with Gasteiger partial charge in [-0.05, 0) is 19.3 Å². The van der Waals surface area contributed by atoms with Crippen LogP contribution in [-0.2, 0) is 9.53 Å². The molecule has 1 atom stereocenters. The van der Waals surface area contributed by atoms with Gasteiger partial charge in [0.2, 0.25) is 0 Å². The molecular weight excluding hydrogens is 190 g/mol. The second kappa shape index (κ2) is 4.62. The number of rotatable bonds is 4. The summed E-state index contributed by atoms with van der Waals surface area (Å²) in [6.07, 6.45) is 7.33. The van der Waals surface area contributed by atoms with E-state index in [-0.39, 0.29) is 5.41 Å². The third-order valence-corrected chi connectivity index (χ3v) is 3.95. The van der Waals surface area contributed by atoms with Crippen molar-refractivity contribution in [3.63, 3.8) is 0 Å². The zero-order valence-corrected chi connectivity index (χ0v) is 9.58. The fourth-order valence-electron chi connectivity index (χ4n) is 2.97. The van der Waals surface area contributed by atoms with E-state index in [0.29, 0.717) is 6.10 Å². The van der Waals surface area contributed by atoms with Crippen LogP contribution in [0.4, 0.5) is 0 Å². The Kier molecular flexibility index (Phi) is 3.42. The lowest BCUT2D eigenvalue weighted by Crippen LogP contribution is -2.36. The van der Waals surface area contributed by atoms with Crippen LogP contribution in [0, 0.1) is 5.41 Å². The number of aldehydes is 1. The molecule has 0 spiro atoms. The molecule has 0 bridgehead atoms. The van der Waals surface area contributed by atoms with Gasteiger partial charge < -0.3 is 9.53 Å². The van der Waals surface area contributed by atoms with Crippen molar-refractivity contribution in [1.82, 2.24) is 4.90 Å². The van der Waals surface area contributed by atoms with Gasteiger partial charge >= 0.3 is 0 Å². The smallest absolute Gasteiger partial charge is 0.127 e. The fraction of sp³-hybridized carbons (Fsp3) is 0.917. The molecule has 0 aromatic rings. The topological polar surface area (TPSA) is 29.5 Å². The van der Waals surface area contributed by atoms with E-state index >= 15 is 0 Å². The third-order valence-electron chi connectivity index (χ3n) is 3.95. The number of methoxy groups -OCH3 is 1. The maximum Gasteiger partial charge on any atom is 0.127 e. The summed E-state index contributed by atoms with van der Waals surface area (Å²) in [5.41, 5.74) is -0.0252. The van der Waals surface area contributed by atoms with E-state index in [4.69, 9.17) is 4.74 Å². The van der Waals surface area contributed by atoms with Crippen molar-refractivity contribution in [3.05, 3.63) is 0 Å². The van der Waals surface area contributed by atoms with Crippen LogP contribution in [0.3, 0.4) is 0 Å². The first-order valence-electron chi connectivity index (χ1n) is 5.99. The van der Waals surface area contributed by atoms with Gasteiger partial charge in [0, 0.05) is 32.2 Å². The van der Waals surface area contributed by atoms with E-state index < -0.39 is 0 Å². The van der Waals surface area contributed by atoms with Gasteiger partial charge in [0.05, 0.1) is 6.10 Å². The summed E-state index contributed by atoms with van der Waals surface area (Å²) in [5, 5.41) is 0. The average Bonchev–Trinajstić information content (AvgIpc) is 2.88. The van der Waals surface area contributed by atoms with E-state index in [1.165, 1.54) is 19.1 Å². The number of likely N-dealkylation sites (tertiary alicyclic amines) is 1. The largest absolute Gasteiger partial charge is 0.380 e. The molecule has 3 nitrogen and oxygen atoms in total. The van der Waals surface area contributed by atoms with E-state index in [1.54, 1.807) is 7.11 Å². The van der Waals surface area contributed by atoms with Crippen LogP contribution in [0.1, 0.15) is 32.1 Å². The molecule has 0 aromatic carbocycles. The van der Waals surface area contributed by atoms with Gasteiger partial charge in [-0.3, -0.25) is 4.90 Å². The maximum absolute atomic E-state index is 11.2. The molecule has 0 amide bonds. The van der Waals surface area contributed by atoms with Crippen LogP contribution >= 0.6 is 0 Å². The molecule has 1 aliphatic heterocycles. The van der Waals surface area contributed by atoms with Crippen LogP contribution < -0.4 is 0 Å². The quantitative estimate of drug-likeness (QED) is 0.659.